The molecule has 2 rings (SSSR count). The van der Waals surface area contributed by atoms with E-state index in [0.717, 1.165) is 0 Å². The van der Waals surface area contributed by atoms with Crippen LogP contribution in [-0.2, 0) is 14.3 Å². The Labute approximate surface area is 168 Å². The first-order chi connectivity index (χ1) is 14.0. The normalized spacial score (nSPS) is 10.8. The molecule has 0 spiro atoms. The van der Waals surface area contributed by atoms with E-state index >= 15 is 0 Å². The highest BCUT2D eigenvalue weighted by Crippen LogP contribution is 2.01. The first kappa shape index (κ1) is 22.2. The number of ketones is 1. The van der Waals surface area contributed by atoms with Gasteiger partial charge < -0.3 is 9.64 Å². The van der Waals surface area contributed by atoms with Gasteiger partial charge in [0.25, 0.3) is 0 Å². The Morgan fingerprint density at radius 3 is 2.00 bits per heavy atom. The lowest BCUT2D eigenvalue weighted by molar-refractivity contribution is -0.144. The number of carbonyl (C=O) groups excluding carboxylic acids is 4. The monoisotopic (exact) mass is 403 g/mol. The minimum absolute atomic E-state index is 0.000236. The minimum atomic E-state index is -0.513. The Hall–Kier alpha value is -3.14. The molecule has 0 saturated carbocycles. The summed E-state index contributed by atoms with van der Waals surface area (Å²) in [5.41, 5.74) is 0. The van der Waals surface area contributed by atoms with Crippen molar-refractivity contribution in [1.82, 2.24) is 24.0 Å². The second-order valence-corrected chi connectivity index (χ2v) is 6.54. The van der Waals surface area contributed by atoms with Crippen LogP contribution in [-0.4, -0.2) is 74.3 Å². The van der Waals surface area contributed by atoms with Crippen molar-refractivity contribution in [3.05, 3.63) is 37.4 Å². The van der Waals surface area contributed by atoms with Crippen LogP contribution in [0, 0.1) is 0 Å². The van der Waals surface area contributed by atoms with Crippen LogP contribution >= 0.6 is 0 Å². The zero-order valence-electron chi connectivity index (χ0n) is 16.4. The molecule has 0 aliphatic rings. The Morgan fingerprint density at radius 2 is 1.41 bits per heavy atom. The summed E-state index contributed by atoms with van der Waals surface area (Å²) in [5.74, 6) is -0.842. The molecule has 29 heavy (non-hydrogen) atoms. The van der Waals surface area contributed by atoms with Crippen LogP contribution in [0.5, 0.6) is 0 Å². The quantitative estimate of drug-likeness (QED) is 0.483. The van der Waals surface area contributed by atoms with Gasteiger partial charge in [0, 0.05) is 63.6 Å². The van der Waals surface area contributed by atoms with Gasteiger partial charge in [-0.2, -0.15) is 0 Å². The summed E-state index contributed by atoms with van der Waals surface area (Å²) in [6, 6.07) is 0. The lowest BCUT2D eigenvalue weighted by Crippen LogP contribution is -2.26. The van der Waals surface area contributed by atoms with E-state index in [-0.39, 0.29) is 43.5 Å². The van der Waals surface area contributed by atoms with E-state index in [1.807, 2.05) is 11.9 Å². The largest absolute Gasteiger partial charge is 0.465 e. The highest BCUT2D eigenvalue weighted by atomic mass is 16.5. The molecule has 0 aromatic carbocycles. The predicted molar refractivity (Wildman–Crippen MR) is 102 cm³/mol. The minimum Gasteiger partial charge on any atom is -0.465 e. The highest BCUT2D eigenvalue weighted by Gasteiger charge is 2.12. The first-order valence-corrected chi connectivity index (χ1v) is 9.34. The number of nitrogens with zero attached hydrogens (tertiary/aromatic N) is 5. The van der Waals surface area contributed by atoms with Gasteiger partial charge in [-0.05, 0) is 7.05 Å². The van der Waals surface area contributed by atoms with Crippen molar-refractivity contribution >= 4 is 23.6 Å². The second kappa shape index (κ2) is 11.6. The summed E-state index contributed by atoms with van der Waals surface area (Å²) in [6.07, 6.45) is 9.72. The van der Waals surface area contributed by atoms with Crippen molar-refractivity contribution < 1.29 is 23.9 Å². The van der Waals surface area contributed by atoms with E-state index < -0.39 is 5.97 Å². The fourth-order valence-electron chi connectivity index (χ4n) is 2.47. The smallest absolute Gasteiger partial charge is 0.306 e. The number of Topliss-reactive ketones (excluding diaryl/α,β-unsaturated/α-hetero) is 1. The van der Waals surface area contributed by atoms with Crippen molar-refractivity contribution in [2.24, 2.45) is 0 Å². The molecule has 0 saturated heterocycles. The molecular formula is C19H25N5O5. The third kappa shape index (κ3) is 8.18. The molecule has 0 fully saturated rings. The first-order valence-electron chi connectivity index (χ1n) is 9.34. The summed E-state index contributed by atoms with van der Waals surface area (Å²) in [6.45, 7) is 1.05. The number of aromatic nitrogens is 4. The van der Waals surface area contributed by atoms with Gasteiger partial charge in [-0.25, -0.2) is 9.97 Å². The van der Waals surface area contributed by atoms with E-state index in [9.17, 15) is 19.2 Å². The molecule has 0 N–H and O–H groups in total. The van der Waals surface area contributed by atoms with Gasteiger partial charge >= 0.3 is 5.97 Å². The van der Waals surface area contributed by atoms with Crippen molar-refractivity contribution in [2.45, 2.75) is 32.1 Å². The number of hydrogen-bond donors (Lipinski definition) is 0. The Balaban J connectivity index is 1.52. The maximum absolute atomic E-state index is 11.9. The third-order valence-electron chi connectivity index (χ3n) is 4.25. The molecule has 0 aliphatic carbocycles. The summed E-state index contributed by atoms with van der Waals surface area (Å²) >= 11 is 0. The molecule has 0 amide bonds. The van der Waals surface area contributed by atoms with Crippen molar-refractivity contribution in [1.29, 1.82) is 0 Å². The Kier molecular flexibility index (Phi) is 8.90. The summed E-state index contributed by atoms with van der Waals surface area (Å²) in [7, 11) is 1.84. The van der Waals surface area contributed by atoms with Gasteiger partial charge in [-0.1, -0.05) is 0 Å². The predicted octanol–water partition coefficient (Wildman–Crippen LogP) is 1.05. The molecule has 10 nitrogen and oxygen atoms in total. The van der Waals surface area contributed by atoms with Crippen LogP contribution in [0.15, 0.2) is 37.4 Å². The Morgan fingerprint density at radius 1 is 0.828 bits per heavy atom. The van der Waals surface area contributed by atoms with Gasteiger partial charge in [0.15, 0.2) is 0 Å². The standard InChI is InChI=1S/C19H25N5O5/c1-22(10-5-18(27)24-12-8-21-15-24)9-4-16(25)6-13-29-19(28)3-2-17(26)23-11-7-20-14-23/h7-8,11-12,14-15H,2-6,9-10,13H2,1H3. The van der Waals surface area contributed by atoms with Crippen LogP contribution in [0.1, 0.15) is 41.7 Å². The lowest BCUT2D eigenvalue weighted by Gasteiger charge is -2.15. The van der Waals surface area contributed by atoms with Gasteiger partial charge in [0.05, 0.1) is 13.0 Å². The highest BCUT2D eigenvalue weighted by molar-refractivity contribution is 5.83. The van der Waals surface area contributed by atoms with Crippen LogP contribution in [0.25, 0.3) is 0 Å². The average Bonchev–Trinajstić information content (AvgIpc) is 3.42. The van der Waals surface area contributed by atoms with Gasteiger partial charge in [0.1, 0.15) is 18.4 Å². The number of esters is 1. The second-order valence-electron chi connectivity index (χ2n) is 6.54. The number of carbonyl (C=O) groups is 4. The molecule has 2 aromatic heterocycles. The molecule has 156 valence electrons. The van der Waals surface area contributed by atoms with E-state index in [2.05, 4.69) is 9.97 Å². The van der Waals surface area contributed by atoms with Crippen LogP contribution in [0.2, 0.25) is 0 Å². The number of imidazole rings is 2. The topological polar surface area (TPSA) is 116 Å². The molecule has 2 heterocycles. The number of hydrogen-bond acceptors (Lipinski definition) is 8. The zero-order chi connectivity index (χ0) is 21.1. The fourth-order valence-corrected chi connectivity index (χ4v) is 2.47. The van der Waals surface area contributed by atoms with Crippen LogP contribution < -0.4 is 0 Å². The SMILES string of the molecule is CN(CCC(=O)CCOC(=O)CCC(=O)n1ccnc1)CCC(=O)n1ccnc1. The van der Waals surface area contributed by atoms with E-state index in [0.29, 0.717) is 25.9 Å². The van der Waals surface area contributed by atoms with Crippen LogP contribution in [0.3, 0.4) is 0 Å². The summed E-state index contributed by atoms with van der Waals surface area (Å²) in [5, 5.41) is 0. The summed E-state index contributed by atoms with van der Waals surface area (Å²) < 4.78 is 7.73. The number of rotatable bonds is 12. The summed E-state index contributed by atoms with van der Waals surface area (Å²) in [4.78, 5) is 56.7. The molecule has 0 bridgehead atoms. The van der Waals surface area contributed by atoms with Crippen LogP contribution in [0.4, 0.5) is 0 Å². The van der Waals surface area contributed by atoms with E-state index in [4.69, 9.17) is 4.74 Å². The van der Waals surface area contributed by atoms with Crippen molar-refractivity contribution in [3.8, 4) is 0 Å². The fraction of sp³-hybridized carbons (Fsp3) is 0.474. The van der Waals surface area contributed by atoms with Gasteiger partial charge in [0.2, 0.25) is 11.8 Å². The number of ether oxygens (including phenoxy) is 1. The third-order valence-corrected chi connectivity index (χ3v) is 4.25. The maximum Gasteiger partial charge on any atom is 0.306 e. The average molecular weight is 403 g/mol. The molecule has 0 unspecified atom stereocenters. The molecule has 0 aliphatic heterocycles. The van der Waals surface area contributed by atoms with E-state index in [1.165, 1.54) is 34.2 Å². The molecule has 10 heteroatoms. The van der Waals surface area contributed by atoms with Crippen molar-refractivity contribution in [3.63, 3.8) is 0 Å². The molecular weight excluding hydrogens is 378 g/mol. The molecule has 0 atom stereocenters. The van der Waals surface area contributed by atoms with Gasteiger partial charge in [-0.15, -0.1) is 0 Å². The van der Waals surface area contributed by atoms with E-state index in [1.54, 1.807) is 12.4 Å². The Bertz CT molecular complexity index is 801. The maximum atomic E-state index is 11.9. The zero-order valence-corrected chi connectivity index (χ0v) is 16.4. The lowest BCUT2D eigenvalue weighted by atomic mass is 10.2. The molecule has 2 aromatic rings. The molecule has 0 radical (unpaired) electrons. The van der Waals surface area contributed by atoms with Crippen molar-refractivity contribution in [2.75, 3.05) is 26.7 Å². The van der Waals surface area contributed by atoms with Gasteiger partial charge in [-0.3, -0.25) is 28.3 Å².